The predicted octanol–water partition coefficient (Wildman–Crippen LogP) is 4.32. The molecule has 0 heterocycles. The molecule has 14 heavy (non-hydrogen) atoms. The largest absolute Gasteiger partial charge is 0.0843 e. The standard InChI is InChI=1S/C13H11Cl/c1-10-4-2-5-11(8-10)12-6-3-7-13(14)9-12/h2-9H,1H3. The van der Waals surface area contributed by atoms with Gasteiger partial charge in [0.1, 0.15) is 0 Å². The van der Waals surface area contributed by atoms with E-state index in [1.54, 1.807) is 0 Å². The molecule has 0 amide bonds. The summed E-state index contributed by atoms with van der Waals surface area (Å²) in [6, 6.07) is 16.3. The van der Waals surface area contributed by atoms with Crippen molar-refractivity contribution in [1.29, 1.82) is 0 Å². The van der Waals surface area contributed by atoms with Gasteiger partial charge < -0.3 is 0 Å². The van der Waals surface area contributed by atoms with E-state index in [-0.39, 0.29) is 0 Å². The Balaban J connectivity index is 2.49. The van der Waals surface area contributed by atoms with Crippen LogP contribution in [0.5, 0.6) is 0 Å². The van der Waals surface area contributed by atoms with Gasteiger partial charge in [0.25, 0.3) is 0 Å². The van der Waals surface area contributed by atoms with Gasteiger partial charge in [-0.2, -0.15) is 0 Å². The maximum Gasteiger partial charge on any atom is 0.0412 e. The molecule has 0 spiro atoms. The highest BCUT2D eigenvalue weighted by atomic mass is 35.5. The molecule has 0 radical (unpaired) electrons. The van der Waals surface area contributed by atoms with Crippen molar-refractivity contribution in [3.05, 3.63) is 59.1 Å². The van der Waals surface area contributed by atoms with Crippen molar-refractivity contribution in [2.24, 2.45) is 0 Å². The summed E-state index contributed by atoms with van der Waals surface area (Å²) >= 11 is 5.93. The van der Waals surface area contributed by atoms with Gasteiger partial charge in [-0.25, -0.2) is 0 Å². The second kappa shape index (κ2) is 3.85. The molecule has 0 atom stereocenters. The fraction of sp³-hybridized carbons (Fsp3) is 0.0769. The topological polar surface area (TPSA) is 0 Å². The molecule has 0 saturated heterocycles. The molecule has 0 nitrogen and oxygen atoms in total. The normalized spacial score (nSPS) is 10.1. The van der Waals surface area contributed by atoms with Crippen molar-refractivity contribution in [3.63, 3.8) is 0 Å². The Morgan fingerprint density at radius 1 is 0.857 bits per heavy atom. The number of aryl methyl sites for hydroxylation is 1. The van der Waals surface area contributed by atoms with Crippen molar-refractivity contribution >= 4 is 11.6 Å². The maximum absolute atomic E-state index is 5.93. The van der Waals surface area contributed by atoms with Crippen LogP contribution in [0.4, 0.5) is 0 Å². The molecule has 2 aromatic rings. The average Bonchev–Trinajstić information content (AvgIpc) is 2.18. The van der Waals surface area contributed by atoms with E-state index in [4.69, 9.17) is 11.6 Å². The molecule has 0 aromatic heterocycles. The van der Waals surface area contributed by atoms with Crippen LogP contribution in [0.3, 0.4) is 0 Å². The van der Waals surface area contributed by atoms with Gasteiger partial charge in [0.05, 0.1) is 0 Å². The van der Waals surface area contributed by atoms with Crippen molar-refractivity contribution in [3.8, 4) is 11.1 Å². The van der Waals surface area contributed by atoms with Crippen LogP contribution in [-0.4, -0.2) is 0 Å². The van der Waals surface area contributed by atoms with Gasteiger partial charge in [0, 0.05) is 5.02 Å². The number of hydrogen-bond donors (Lipinski definition) is 0. The summed E-state index contributed by atoms with van der Waals surface area (Å²) in [7, 11) is 0. The van der Waals surface area contributed by atoms with Crippen LogP contribution in [0.2, 0.25) is 5.02 Å². The number of hydrogen-bond acceptors (Lipinski definition) is 0. The van der Waals surface area contributed by atoms with E-state index in [9.17, 15) is 0 Å². The van der Waals surface area contributed by atoms with Crippen LogP contribution in [0.25, 0.3) is 11.1 Å². The SMILES string of the molecule is Cc1cccc(-c2cccc(Cl)c2)c1. The van der Waals surface area contributed by atoms with Crippen LogP contribution >= 0.6 is 11.6 Å². The minimum atomic E-state index is 0.781. The summed E-state index contributed by atoms with van der Waals surface area (Å²) in [6.07, 6.45) is 0. The molecule has 70 valence electrons. The Bertz CT molecular complexity index is 403. The Morgan fingerprint density at radius 3 is 2.14 bits per heavy atom. The zero-order chi connectivity index (χ0) is 9.97. The van der Waals surface area contributed by atoms with Crippen LogP contribution in [0, 0.1) is 6.92 Å². The minimum Gasteiger partial charge on any atom is -0.0843 e. The van der Waals surface area contributed by atoms with E-state index in [0.717, 1.165) is 5.02 Å². The highest BCUT2D eigenvalue weighted by Gasteiger charge is 1.97. The lowest BCUT2D eigenvalue weighted by Crippen LogP contribution is -1.78. The molecule has 0 aliphatic rings. The molecular weight excluding hydrogens is 192 g/mol. The zero-order valence-corrected chi connectivity index (χ0v) is 8.75. The molecule has 0 aliphatic carbocycles. The van der Waals surface area contributed by atoms with Gasteiger partial charge in [0.2, 0.25) is 0 Å². The summed E-state index contributed by atoms with van der Waals surface area (Å²) < 4.78 is 0. The molecule has 0 saturated carbocycles. The van der Waals surface area contributed by atoms with Crippen LogP contribution in [-0.2, 0) is 0 Å². The first kappa shape index (κ1) is 9.29. The third kappa shape index (κ3) is 1.97. The quantitative estimate of drug-likeness (QED) is 0.646. The summed E-state index contributed by atoms with van der Waals surface area (Å²) in [6.45, 7) is 2.09. The van der Waals surface area contributed by atoms with Gasteiger partial charge in [0.15, 0.2) is 0 Å². The maximum atomic E-state index is 5.93. The number of rotatable bonds is 1. The second-order valence-electron chi connectivity index (χ2n) is 3.38. The Hall–Kier alpha value is -1.27. The number of halogens is 1. The van der Waals surface area contributed by atoms with E-state index < -0.39 is 0 Å². The highest BCUT2D eigenvalue weighted by molar-refractivity contribution is 6.30. The minimum absolute atomic E-state index is 0.781. The molecule has 0 N–H and O–H groups in total. The Morgan fingerprint density at radius 2 is 1.50 bits per heavy atom. The first-order valence-corrected chi connectivity index (χ1v) is 4.96. The summed E-state index contributed by atoms with van der Waals surface area (Å²) in [5.41, 5.74) is 3.65. The predicted molar refractivity (Wildman–Crippen MR) is 61.6 cm³/mol. The fourth-order valence-corrected chi connectivity index (χ4v) is 1.68. The smallest absolute Gasteiger partial charge is 0.0412 e. The highest BCUT2D eigenvalue weighted by Crippen LogP contribution is 2.23. The van der Waals surface area contributed by atoms with Gasteiger partial charge in [-0.3, -0.25) is 0 Å². The van der Waals surface area contributed by atoms with Crippen LogP contribution in [0.1, 0.15) is 5.56 Å². The molecular formula is C13H11Cl. The van der Waals surface area contributed by atoms with Crippen molar-refractivity contribution in [1.82, 2.24) is 0 Å². The first-order chi connectivity index (χ1) is 6.75. The molecule has 1 heteroatoms. The van der Waals surface area contributed by atoms with Gasteiger partial charge in [-0.15, -0.1) is 0 Å². The average molecular weight is 203 g/mol. The summed E-state index contributed by atoms with van der Waals surface area (Å²) in [5, 5.41) is 0.781. The van der Waals surface area contributed by atoms with E-state index in [2.05, 4.69) is 37.3 Å². The number of benzene rings is 2. The van der Waals surface area contributed by atoms with E-state index >= 15 is 0 Å². The zero-order valence-electron chi connectivity index (χ0n) is 8.00. The first-order valence-electron chi connectivity index (χ1n) is 4.58. The Kier molecular flexibility index (Phi) is 2.55. The monoisotopic (exact) mass is 202 g/mol. The molecule has 0 aliphatic heterocycles. The van der Waals surface area contributed by atoms with Crippen molar-refractivity contribution in [2.45, 2.75) is 6.92 Å². The molecule has 2 aromatic carbocycles. The lowest BCUT2D eigenvalue weighted by molar-refractivity contribution is 1.47. The van der Waals surface area contributed by atoms with E-state index in [1.807, 2.05) is 18.2 Å². The third-order valence-corrected chi connectivity index (χ3v) is 2.41. The molecule has 0 fully saturated rings. The summed E-state index contributed by atoms with van der Waals surface area (Å²) in [4.78, 5) is 0. The lowest BCUT2D eigenvalue weighted by atomic mass is 10.0. The molecule has 0 bridgehead atoms. The fourth-order valence-electron chi connectivity index (χ4n) is 1.49. The van der Waals surface area contributed by atoms with Crippen molar-refractivity contribution < 1.29 is 0 Å². The van der Waals surface area contributed by atoms with E-state index in [1.165, 1.54) is 16.7 Å². The molecule has 2 rings (SSSR count). The van der Waals surface area contributed by atoms with Crippen LogP contribution < -0.4 is 0 Å². The van der Waals surface area contributed by atoms with Crippen molar-refractivity contribution in [2.75, 3.05) is 0 Å². The Labute approximate surface area is 89.2 Å². The summed E-state index contributed by atoms with van der Waals surface area (Å²) in [5.74, 6) is 0. The van der Waals surface area contributed by atoms with Gasteiger partial charge >= 0.3 is 0 Å². The second-order valence-corrected chi connectivity index (χ2v) is 3.82. The molecule has 0 unspecified atom stereocenters. The van der Waals surface area contributed by atoms with Gasteiger partial charge in [-0.05, 0) is 30.2 Å². The van der Waals surface area contributed by atoms with E-state index in [0.29, 0.717) is 0 Å². The lowest BCUT2D eigenvalue weighted by Gasteiger charge is -2.02. The third-order valence-electron chi connectivity index (χ3n) is 2.18. The van der Waals surface area contributed by atoms with Gasteiger partial charge in [-0.1, -0.05) is 53.6 Å². The van der Waals surface area contributed by atoms with Crippen LogP contribution in [0.15, 0.2) is 48.5 Å².